The summed E-state index contributed by atoms with van der Waals surface area (Å²) in [6, 6.07) is -1.23. The van der Waals surface area contributed by atoms with Crippen molar-refractivity contribution >= 4 is 31.6 Å². The number of rotatable bonds is 11. The summed E-state index contributed by atoms with van der Waals surface area (Å²) in [5.41, 5.74) is -1.69. The molecule has 0 fully saturated rings. The fourth-order valence-electron chi connectivity index (χ4n) is 2.16. The van der Waals surface area contributed by atoms with E-state index in [1.807, 2.05) is 0 Å². The number of esters is 1. The Bertz CT molecular complexity index is 702. The molecule has 13 heteroatoms. The van der Waals surface area contributed by atoms with Gasteiger partial charge in [-0.3, -0.25) is 14.1 Å². The van der Waals surface area contributed by atoms with Gasteiger partial charge in [-0.1, -0.05) is 0 Å². The molecule has 2 atom stereocenters. The lowest BCUT2D eigenvalue weighted by Crippen LogP contribution is -2.46. The van der Waals surface area contributed by atoms with Gasteiger partial charge in [-0.05, 0) is 48.0 Å². The molecule has 0 bridgehead atoms. The zero-order valence-corrected chi connectivity index (χ0v) is 19.4. The van der Waals surface area contributed by atoms with Crippen molar-refractivity contribution in [3.8, 4) is 0 Å². The third kappa shape index (κ3) is 15.4. The summed E-state index contributed by atoms with van der Waals surface area (Å²) in [7, 11) is -4.90. The smallest absolute Gasteiger partial charge is 0.469 e. The summed E-state index contributed by atoms with van der Waals surface area (Å²) in [6.45, 7) is 8.90. The van der Waals surface area contributed by atoms with Gasteiger partial charge >= 0.3 is 25.9 Å². The van der Waals surface area contributed by atoms with Crippen molar-refractivity contribution in [1.29, 1.82) is 0 Å². The third-order valence-corrected chi connectivity index (χ3v) is 3.85. The minimum Gasteiger partial charge on any atom is -0.481 e. The molecule has 0 aromatic rings. The minimum absolute atomic E-state index is 0.196. The Hall–Kier alpha value is -2.01. The number of nitrogens with one attached hydrogen (secondary N) is 1. The lowest BCUT2D eigenvalue weighted by Gasteiger charge is -2.26. The van der Waals surface area contributed by atoms with Crippen LogP contribution in [0.25, 0.3) is 0 Å². The maximum atomic E-state index is 12.4. The van der Waals surface area contributed by atoms with Gasteiger partial charge < -0.3 is 29.7 Å². The summed E-state index contributed by atoms with van der Waals surface area (Å²) in [4.78, 5) is 65.2. The average Bonchev–Trinajstić information content (AvgIpc) is 2.50. The number of ketones is 1. The molecule has 0 spiro atoms. The van der Waals surface area contributed by atoms with Crippen molar-refractivity contribution in [2.75, 3.05) is 6.61 Å². The number of Topliss-reactive ketones (excluding diaryl/α,β-unsaturated/α-hetero) is 1. The highest BCUT2D eigenvalue weighted by Crippen LogP contribution is 2.36. The van der Waals surface area contributed by atoms with Crippen LogP contribution < -0.4 is 5.32 Å². The number of carboxylic acid groups (broad SMARTS) is 1. The predicted molar refractivity (Wildman–Crippen MR) is 107 cm³/mol. The second-order valence-electron chi connectivity index (χ2n) is 8.84. The van der Waals surface area contributed by atoms with E-state index < -0.39 is 67.8 Å². The van der Waals surface area contributed by atoms with Gasteiger partial charge in [0.25, 0.3) is 0 Å². The maximum Gasteiger partial charge on any atom is 0.469 e. The highest BCUT2D eigenvalue weighted by Gasteiger charge is 2.30. The molecule has 0 aliphatic rings. The van der Waals surface area contributed by atoms with E-state index in [1.165, 1.54) is 0 Å². The Balaban J connectivity index is 5.10. The molecule has 0 radical (unpaired) electrons. The van der Waals surface area contributed by atoms with Crippen molar-refractivity contribution in [2.24, 2.45) is 5.92 Å². The number of amides is 1. The topological polar surface area (TPSA) is 186 Å². The van der Waals surface area contributed by atoms with Crippen LogP contribution >= 0.6 is 7.82 Å². The summed E-state index contributed by atoms with van der Waals surface area (Å²) >= 11 is 0. The van der Waals surface area contributed by atoms with Crippen molar-refractivity contribution in [3.05, 3.63) is 0 Å². The van der Waals surface area contributed by atoms with Gasteiger partial charge in [-0.25, -0.2) is 14.2 Å². The van der Waals surface area contributed by atoms with Crippen LogP contribution in [0.15, 0.2) is 0 Å². The second kappa shape index (κ2) is 11.6. The lowest BCUT2D eigenvalue weighted by molar-refractivity contribution is -0.157. The highest BCUT2D eigenvalue weighted by atomic mass is 31.2. The van der Waals surface area contributed by atoms with Crippen LogP contribution in [0.4, 0.5) is 4.79 Å². The summed E-state index contributed by atoms with van der Waals surface area (Å²) in [5.74, 6) is -4.37. The Labute approximate surface area is 180 Å². The van der Waals surface area contributed by atoms with Crippen LogP contribution in [0.5, 0.6) is 0 Å². The zero-order chi connectivity index (χ0) is 24.6. The standard InChI is InChI=1S/C18H32NO11P/c1-17(2,3)29-15(23)13(19-16(24)30-18(4,5)6)8-7-12(20)9-11(14(21)22)10-28-31(25,26)27/h11,13H,7-10H2,1-6H3,(H,19,24)(H,21,22)(H2,25,26,27)/t11-,13-/m0/s1. The SMILES string of the molecule is CC(C)(C)OC(=O)N[C@@H](CCC(=O)C[C@@H](COP(=O)(O)O)C(=O)O)C(=O)OC(C)(C)C. The van der Waals surface area contributed by atoms with Crippen LogP contribution in [0.1, 0.15) is 60.8 Å². The quantitative estimate of drug-likeness (QED) is 0.255. The first-order chi connectivity index (χ1) is 13.8. The van der Waals surface area contributed by atoms with Crippen LogP contribution in [0.3, 0.4) is 0 Å². The van der Waals surface area contributed by atoms with Crippen molar-refractivity contribution in [2.45, 2.75) is 78.0 Å². The fourth-order valence-corrected chi connectivity index (χ4v) is 2.53. The van der Waals surface area contributed by atoms with E-state index in [9.17, 15) is 23.7 Å². The van der Waals surface area contributed by atoms with Crippen molar-refractivity contribution in [3.63, 3.8) is 0 Å². The first-order valence-corrected chi connectivity index (χ1v) is 11.0. The number of ether oxygens (including phenoxy) is 2. The summed E-state index contributed by atoms with van der Waals surface area (Å²) in [6.07, 6.45) is -1.98. The molecule has 0 aliphatic heterocycles. The number of alkyl carbamates (subject to hydrolysis) is 1. The molecule has 1 amide bonds. The first-order valence-electron chi connectivity index (χ1n) is 9.46. The number of carbonyl (C=O) groups is 4. The van der Waals surface area contributed by atoms with Gasteiger partial charge in [-0.2, -0.15) is 0 Å². The van der Waals surface area contributed by atoms with E-state index in [4.69, 9.17) is 24.4 Å². The Morgan fingerprint density at radius 3 is 1.90 bits per heavy atom. The average molecular weight is 469 g/mol. The summed E-state index contributed by atoms with van der Waals surface area (Å²) < 4.78 is 25.2. The van der Waals surface area contributed by atoms with Gasteiger partial charge in [0.1, 0.15) is 23.0 Å². The number of hydrogen-bond donors (Lipinski definition) is 4. The number of carbonyl (C=O) groups excluding carboxylic acids is 3. The Morgan fingerprint density at radius 1 is 0.968 bits per heavy atom. The van der Waals surface area contributed by atoms with E-state index in [0.717, 1.165) is 0 Å². The number of aliphatic carboxylic acids is 1. The van der Waals surface area contributed by atoms with Crippen LogP contribution in [-0.4, -0.2) is 62.6 Å². The number of phosphoric ester groups is 1. The molecule has 12 nitrogen and oxygen atoms in total. The normalized spacial score (nSPS) is 14.3. The van der Waals surface area contributed by atoms with Crippen LogP contribution in [-0.2, 0) is 32.9 Å². The van der Waals surface area contributed by atoms with Crippen molar-refractivity contribution in [1.82, 2.24) is 5.32 Å². The number of carboxylic acids is 1. The minimum atomic E-state index is -4.90. The van der Waals surface area contributed by atoms with Gasteiger partial charge in [0.05, 0.1) is 12.5 Å². The Morgan fingerprint density at radius 2 is 1.48 bits per heavy atom. The Kier molecular flexibility index (Phi) is 10.8. The summed E-state index contributed by atoms with van der Waals surface area (Å²) in [5, 5.41) is 11.4. The molecule has 4 N–H and O–H groups in total. The number of phosphoric acid groups is 1. The van der Waals surface area contributed by atoms with Crippen LogP contribution in [0, 0.1) is 5.92 Å². The molecule has 0 rings (SSSR count). The monoisotopic (exact) mass is 469 g/mol. The highest BCUT2D eigenvalue weighted by molar-refractivity contribution is 7.46. The van der Waals surface area contributed by atoms with E-state index >= 15 is 0 Å². The maximum absolute atomic E-state index is 12.4. The molecular formula is C18H32NO11P. The largest absolute Gasteiger partial charge is 0.481 e. The van der Waals surface area contributed by atoms with Gasteiger partial charge in [0, 0.05) is 12.8 Å². The molecule has 0 aromatic carbocycles. The van der Waals surface area contributed by atoms with E-state index in [0.29, 0.717) is 0 Å². The number of hydrogen-bond acceptors (Lipinski definition) is 8. The molecule has 0 aromatic heterocycles. The van der Waals surface area contributed by atoms with E-state index in [2.05, 4.69) is 9.84 Å². The molecule has 0 saturated carbocycles. The van der Waals surface area contributed by atoms with Gasteiger partial charge in [0.2, 0.25) is 0 Å². The molecular weight excluding hydrogens is 437 g/mol. The fraction of sp³-hybridized carbons (Fsp3) is 0.778. The predicted octanol–water partition coefficient (Wildman–Crippen LogP) is 1.77. The molecule has 180 valence electrons. The second-order valence-corrected chi connectivity index (χ2v) is 10.1. The van der Waals surface area contributed by atoms with Crippen molar-refractivity contribution < 1.29 is 52.6 Å². The first kappa shape index (κ1) is 29.0. The molecule has 31 heavy (non-hydrogen) atoms. The third-order valence-electron chi connectivity index (χ3n) is 3.36. The van der Waals surface area contributed by atoms with E-state index in [1.54, 1.807) is 41.5 Å². The van der Waals surface area contributed by atoms with E-state index in [-0.39, 0.29) is 12.8 Å². The van der Waals surface area contributed by atoms with Crippen LogP contribution in [0.2, 0.25) is 0 Å². The molecule has 0 heterocycles. The lowest BCUT2D eigenvalue weighted by atomic mass is 9.99. The zero-order valence-electron chi connectivity index (χ0n) is 18.5. The molecule has 0 saturated heterocycles. The van der Waals surface area contributed by atoms with Gasteiger partial charge in [0.15, 0.2) is 0 Å². The van der Waals surface area contributed by atoms with Gasteiger partial charge in [-0.15, -0.1) is 0 Å². The molecule has 0 unspecified atom stereocenters. The molecule has 0 aliphatic carbocycles.